The maximum atomic E-state index is 12.9. The minimum atomic E-state index is -1.27. The summed E-state index contributed by atoms with van der Waals surface area (Å²) in [6.07, 6.45) is 4.97. The number of cyclic esters (lactones) is 2. The molecule has 3 rings (SSSR count). The van der Waals surface area contributed by atoms with Gasteiger partial charge < -0.3 is 14.7 Å². The van der Waals surface area contributed by atoms with Gasteiger partial charge in [0, 0.05) is 27.7 Å². The summed E-state index contributed by atoms with van der Waals surface area (Å²) < 4.78 is 13.4. The molecule has 1 atom stereocenters. The number of imidazole rings is 1. The van der Waals surface area contributed by atoms with Gasteiger partial charge in [-0.3, -0.25) is 9.59 Å². The van der Waals surface area contributed by atoms with Crippen molar-refractivity contribution in [3.05, 3.63) is 22.4 Å². The highest BCUT2D eigenvalue weighted by Gasteiger charge is 2.53. The fourth-order valence-electron chi connectivity index (χ4n) is 4.38. The fraction of sp³-hybridized carbons (Fsp3) is 0.737. The Morgan fingerprint density at radius 3 is 2.12 bits per heavy atom. The van der Waals surface area contributed by atoms with Crippen molar-refractivity contribution < 1.29 is 23.8 Å². The molecule has 0 aromatic carbocycles. The Labute approximate surface area is 153 Å². The first kappa shape index (κ1) is 18.7. The van der Waals surface area contributed by atoms with E-state index in [0.717, 1.165) is 42.5 Å². The molecular formula is C19H28N2O5. The Balaban J connectivity index is 2.09. The average molecular weight is 364 g/mol. The van der Waals surface area contributed by atoms with Crippen LogP contribution in [0.5, 0.6) is 0 Å². The van der Waals surface area contributed by atoms with Crippen LogP contribution in [0.4, 0.5) is 0 Å². The van der Waals surface area contributed by atoms with Crippen molar-refractivity contribution in [3.8, 4) is 0 Å². The second-order valence-corrected chi connectivity index (χ2v) is 8.03. The van der Waals surface area contributed by atoms with Crippen molar-refractivity contribution in [2.24, 2.45) is 18.9 Å². The lowest BCUT2D eigenvalue weighted by Gasteiger charge is -2.38. The predicted octanol–water partition coefficient (Wildman–Crippen LogP) is 2.39. The molecule has 1 aromatic heterocycles. The Kier molecular flexibility index (Phi) is 4.75. The quantitative estimate of drug-likeness (QED) is 0.356. The zero-order valence-electron chi connectivity index (χ0n) is 16.2. The van der Waals surface area contributed by atoms with Crippen molar-refractivity contribution in [2.45, 2.75) is 71.5 Å². The zero-order valence-corrected chi connectivity index (χ0v) is 16.2. The molecule has 7 nitrogen and oxygen atoms in total. The summed E-state index contributed by atoms with van der Waals surface area (Å²) >= 11 is 0. The average Bonchev–Trinajstić information content (AvgIpc) is 2.75. The van der Waals surface area contributed by atoms with Crippen LogP contribution in [0.2, 0.25) is 0 Å². The van der Waals surface area contributed by atoms with Crippen LogP contribution < -0.4 is 4.73 Å². The van der Waals surface area contributed by atoms with Gasteiger partial charge >= 0.3 is 11.9 Å². The largest absolute Gasteiger partial charge is 0.711 e. The Morgan fingerprint density at radius 1 is 1.12 bits per heavy atom. The van der Waals surface area contributed by atoms with Gasteiger partial charge in [0.25, 0.3) is 11.6 Å². The summed E-state index contributed by atoms with van der Waals surface area (Å²) in [5, 5.41) is 12.9. The van der Waals surface area contributed by atoms with Crippen molar-refractivity contribution in [2.75, 3.05) is 0 Å². The van der Waals surface area contributed by atoms with Crippen molar-refractivity contribution in [3.63, 3.8) is 0 Å². The fourth-order valence-corrected chi connectivity index (χ4v) is 4.38. The molecule has 144 valence electrons. The second kappa shape index (κ2) is 6.59. The normalized spacial score (nSPS) is 22.8. The number of rotatable bonds is 3. The van der Waals surface area contributed by atoms with Crippen molar-refractivity contribution >= 4 is 11.9 Å². The number of ether oxygens (including phenoxy) is 2. The highest BCUT2D eigenvalue weighted by atomic mass is 16.7. The molecule has 7 heteroatoms. The van der Waals surface area contributed by atoms with E-state index in [9.17, 15) is 14.8 Å². The lowest BCUT2D eigenvalue weighted by atomic mass is 9.73. The van der Waals surface area contributed by atoms with Crippen LogP contribution >= 0.6 is 0 Å². The van der Waals surface area contributed by atoms with E-state index in [-0.39, 0.29) is 5.92 Å². The predicted molar refractivity (Wildman–Crippen MR) is 92.9 cm³/mol. The van der Waals surface area contributed by atoms with E-state index in [1.165, 1.54) is 0 Å². The minimum Gasteiger partial charge on any atom is -0.711 e. The maximum absolute atomic E-state index is 12.9. The van der Waals surface area contributed by atoms with E-state index < -0.39 is 29.6 Å². The molecule has 0 N–H and O–H groups in total. The lowest BCUT2D eigenvalue weighted by Crippen LogP contribution is -2.51. The molecule has 2 aliphatic rings. The van der Waals surface area contributed by atoms with Gasteiger partial charge in [0.15, 0.2) is 5.92 Å². The molecule has 0 spiro atoms. The van der Waals surface area contributed by atoms with Crippen LogP contribution in [0.15, 0.2) is 0 Å². The SMILES string of the molecule is Cc1c(C)[n+]([O-])c(C(C2CCCCC2)C2C(=O)OC(C)(C)OC2=O)n1C. The van der Waals surface area contributed by atoms with Gasteiger partial charge in [-0.15, -0.1) is 0 Å². The monoisotopic (exact) mass is 364 g/mol. The van der Waals surface area contributed by atoms with E-state index in [2.05, 4.69) is 0 Å². The summed E-state index contributed by atoms with van der Waals surface area (Å²) in [5.41, 5.74) is 1.41. The van der Waals surface area contributed by atoms with Gasteiger partial charge in [0.1, 0.15) is 11.4 Å². The summed E-state index contributed by atoms with van der Waals surface area (Å²) in [4.78, 5) is 25.5. The first-order chi connectivity index (χ1) is 12.1. The van der Waals surface area contributed by atoms with Gasteiger partial charge in [0.2, 0.25) is 0 Å². The van der Waals surface area contributed by atoms with Crippen LogP contribution in [0.3, 0.4) is 0 Å². The molecule has 0 amide bonds. The second-order valence-electron chi connectivity index (χ2n) is 8.03. The molecule has 1 aromatic rings. The number of carbonyl (C=O) groups is 2. The van der Waals surface area contributed by atoms with E-state index >= 15 is 0 Å². The molecule has 1 saturated carbocycles. The molecule has 0 bridgehead atoms. The maximum Gasteiger partial charge on any atom is 0.324 e. The molecule has 1 aliphatic carbocycles. The topological polar surface area (TPSA) is 84.5 Å². The van der Waals surface area contributed by atoms with E-state index in [1.807, 2.05) is 18.5 Å². The van der Waals surface area contributed by atoms with Gasteiger partial charge in [-0.2, -0.15) is 0 Å². The van der Waals surface area contributed by atoms with Gasteiger partial charge in [-0.1, -0.05) is 19.3 Å². The highest BCUT2D eigenvalue weighted by Crippen LogP contribution is 2.43. The van der Waals surface area contributed by atoms with E-state index in [4.69, 9.17) is 9.47 Å². The third-order valence-corrected chi connectivity index (χ3v) is 5.90. The van der Waals surface area contributed by atoms with Gasteiger partial charge in [-0.05, 0) is 18.8 Å². The molecule has 26 heavy (non-hydrogen) atoms. The van der Waals surface area contributed by atoms with E-state index in [0.29, 0.717) is 11.5 Å². The van der Waals surface area contributed by atoms with E-state index in [1.54, 1.807) is 20.8 Å². The highest BCUT2D eigenvalue weighted by molar-refractivity contribution is 5.97. The number of nitrogens with zero attached hydrogens (tertiary/aromatic N) is 2. The molecule has 1 unspecified atom stereocenters. The van der Waals surface area contributed by atoms with Gasteiger partial charge in [0.05, 0.1) is 13.0 Å². The van der Waals surface area contributed by atoms with Gasteiger partial charge in [-0.25, -0.2) is 9.30 Å². The van der Waals surface area contributed by atoms with Crippen molar-refractivity contribution in [1.82, 2.24) is 4.57 Å². The summed E-state index contributed by atoms with van der Waals surface area (Å²) in [6.45, 7) is 6.70. The van der Waals surface area contributed by atoms with Crippen LogP contribution in [0.1, 0.15) is 69.1 Å². The number of hydrogen-bond acceptors (Lipinski definition) is 5. The molecule has 1 saturated heterocycles. The molecule has 1 aliphatic heterocycles. The standard InChI is InChI=1S/C19H28N2O5/c1-11-12(2)21(24)16(20(11)5)14(13-9-7-6-8-10-13)15-17(22)25-19(3,4)26-18(15)23/h13-15H,6-10H2,1-5H3. The number of esters is 2. The van der Waals surface area contributed by atoms with Crippen LogP contribution in [-0.4, -0.2) is 22.3 Å². The van der Waals surface area contributed by atoms with Crippen molar-refractivity contribution in [1.29, 1.82) is 0 Å². The first-order valence-corrected chi connectivity index (χ1v) is 9.35. The third-order valence-electron chi connectivity index (χ3n) is 5.90. The smallest absolute Gasteiger partial charge is 0.324 e. The third kappa shape index (κ3) is 3.08. The molecular weight excluding hydrogens is 336 g/mol. The summed E-state index contributed by atoms with van der Waals surface area (Å²) in [6, 6.07) is 0. The zero-order chi connectivity index (χ0) is 19.2. The molecule has 2 fully saturated rings. The Bertz CT molecular complexity index is 685. The minimum absolute atomic E-state index is 0.0719. The molecule has 2 heterocycles. The lowest BCUT2D eigenvalue weighted by molar-refractivity contribution is -0.623. The summed E-state index contributed by atoms with van der Waals surface area (Å²) in [7, 11) is 1.81. The van der Waals surface area contributed by atoms with Crippen LogP contribution in [0, 0.1) is 30.9 Å². The van der Waals surface area contributed by atoms with Crippen LogP contribution in [0.25, 0.3) is 0 Å². The number of carbonyl (C=O) groups excluding carboxylic acids is 2. The van der Waals surface area contributed by atoms with Crippen LogP contribution in [-0.2, 0) is 26.1 Å². The molecule has 0 radical (unpaired) electrons. The summed E-state index contributed by atoms with van der Waals surface area (Å²) in [5.74, 6) is -3.58. The Hall–Kier alpha value is -2.05. The number of aromatic nitrogens is 2. The first-order valence-electron chi connectivity index (χ1n) is 9.35. The number of hydrogen-bond donors (Lipinski definition) is 0. The Morgan fingerprint density at radius 2 is 1.65 bits per heavy atom.